The summed E-state index contributed by atoms with van der Waals surface area (Å²) in [5.74, 6) is -0.672. The number of rotatable bonds is 9. The number of carbonyl (C=O) groups excluding carboxylic acids is 2. The summed E-state index contributed by atoms with van der Waals surface area (Å²) < 4.78 is 29.3. The Labute approximate surface area is 169 Å². The molecule has 0 spiro atoms. The van der Waals surface area contributed by atoms with E-state index in [2.05, 4.69) is 0 Å². The molecule has 0 aliphatic rings. The minimum Gasteiger partial charge on any atom is -0.493 e. The number of nitrogens with zero attached hydrogens (tertiary/aromatic N) is 1. The molecule has 0 atom stereocenters. The molecule has 6 nitrogen and oxygen atoms in total. The molecule has 0 saturated heterocycles. The summed E-state index contributed by atoms with van der Waals surface area (Å²) in [6, 6.07) is 11.5. The summed E-state index contributed by atoms with van der Waals surface area (Å²) >= 11 is 0. The molecule has 1 amide bonds. The van der Waals surface area contributed by atoms with Crippen LogP contribution in [-0.4, -0.2) is 44.1 Å². The van der Waals surface area contributed by atoms with E-state index in [0.29, 0.717) is 17.1 Å². The first kappa shape index (κ1) is 21.9. The van der Waals surface area contributed by atoms with Crippen LogP contribution in [0.3, 0.4) is 0 Å². The SMILES string of the molecule is C/C=C/c1ccc(OCC(=O)OCC(=O)N(C)Cc2ccccc2F)c(OC)c1. The molecular formula is C22H24FNO5. The van der Waals surface area contributed by atoms with Crippen LogP contribution in [0.5, 0.6) is 11.5 Å². The number of hydrogen-bond acceptors (Lipinski definition) is 5. The Kier molecular flexibility index (Phi) is 8.21. The van der Waals surface area contributed by atoms with E-state index in [1.165, 1.54) is 25.1 Å². The van der Waals surface area contributed by atoms with E-state index in [9.17, 15) is 14.0 Å². The Balaban J connectivity index is 1.82. The Morgan fingerprint density at radius 3 is 2.55 bits per heavy atom. The first-order valence-electron chi connectivity index (χ1n) is 9.01. The Bertz CT molecular complexity index is 881. The zero-order valence-corrected chi connectivity index (χ0v) is 16.7. The molecular weight excluding hydrogens is 377 g/mol. The van der Waals surface area contributed by atoms with Gasteiger partial charge in [-0.15, -0.1) is 0 Å². The second-order valence-corrected chi connectivity index (χ2v) is 6.20. The maximum absolute atomic E-state index is 13.7. The third-order valence-corrected chi connectivity index (χ3v) is 4.04. The average molecular weight is 401 g/mol. The minimum atomic E-state index is -0.697. The van der Waals surface area contributed by atoms with Gasteiger partial charge in [0.2, 0.25) is 0 Å². The van der Waals surface area contributed by atoms with Crippen LogP contribution >= 0.6 is 0 Å². The van der Waals surface area contributed by atoms with Crippen LogP contribution in [-0.2, 0) is 20.9 Å². The largest absolute Gasteiger partial charge is 0.493 e. The number of amides is 1. The molecule has 2 rings (SSSR count). The van der Waals surface area contributed by atoms with Gasteiger partial charge in [-0.3, -0.25) is 4.79 Å². The van der Waals surface area contributed by atoms with Crippen molar-refractivity contribution in [2.24, 2.45) is 0 Å². The lowest BCUT2D eigenvalue weighted by Crippen LogP contribution is -2.31. The van der Waals surface area contributed by atoms with Gasteiger partial charge in [-0.05, 0) is 30.7 Å². The number of allylic oxidation sites excluding steroid dienone is 1. The van der Waals surface area contributed by atoms with Crippen molar-refractivity contribution in [3.63, 3.8) is 0 Å². The zero-order chi connectivity index (χ0) is 21.2. The first-order valence-corrected chi connectivity index (χ1v) is 9.01. The molecule has 0 saturated carbocycles. The second kappa shape index (κ2) is 10.8. The van der Waals surface area contributed by atoms with Gasteiger partial charge >= 0.3 is 5.97 Å². The summed E-state index contributed by atoms with van der Waals surface area (Å²) in [6.45, 7) is 1.16. The van der Waals surface area contributed by atoms with E-state index in [-0.39, 0.29) is 13.2 Å². The van der Waals surface area contributed by atoms with Crippen LogP contribution in [0.4, 0.5) is 4.39 Å². The number of benzene rings is 2. The zero-order valence-electron chi connectivity index (χ0n) is 16.7. The van der Waals surface area contributed by atoms with Gasteiger partial charge in [0.25, 0.3) is 5.91 Å². The lowest BCUT2D eigenvalue weighted by molar-refractivity contribution is -0.153. The topological polar surface area (TPSA) is 65.1 Å². The van der Waals surface area contributed by atoms with Crippen LogP contribution in [0.15, 0.2) is 48.5 Å². The number of ether oxygens (including phenoxy) is 3. The van der Waals surface area contributed by atoms with Crippen molar-refractivity contribution >= 4 is 18.0 Å². The molecule has 0 fully saturated rings. The standard InChI is InChI=1S/C22H24FNO5/c1-4-7-16-10-11-19(20(12-16)27-3)28-15-22(26)29-14-21(25)24(2)13-17-8-5-6-9-18(17)23/h4-12H,13-15H2,1-3H3/b7-4+. The first-order chi connectivity index (χ1) is 13.9. The highest BCUT2D eigenvalue weighted by Crippen LogP contribution is 2.28. The van der Waals surface area contributed by atoms with Gasteiger partial charge in [-0.25, -0.2) is 9.18 Å². The fraction of sp³-hybridized carbons (Fsp3) is 0.273. The Morgan fingerprint density at radius 1 is 1.10 bits per heavy atom. The van der Waals surface area contributed by atoms with Crippen molar-refractivity contribution < 1.29 is 28.2 Å². The lowest BCUT2D eigenvalue weighted by atomic mass is 10.2. The van der Waals surface area contributed by atoms with E-state index < -0.39 is 24.3 Å². The van der Waals surface area contributed by atoms with Gasteiger partial charge in [0.05, 0.1) is 7.11 Å². The average Bonchev–Trinajstić information content (AvgIpc) is 2.72. The second-order valence-electron chi connectivity index (χ2n) is 6.20. The predicted molar refractivity (Wildman–Crippen MR) is 107 cm³/mol. The maximum Gasteiger partial charge on any atom is 0.344 e. The molecule has 0 unspecified atom stereocenters. The summed E-state index contributed by atoms with van der Waals surface area (Å²) in [5, 5.41) is 0. The van der Waals surface area contributed by atoms with Crippen molar-refractivity contribution in [3.8, 4) is 11.5 Å². The molecule has 0 aliphatic carbocycles. The summed E-state index contributed by atoms with van der Waals surface area (Å²) in [7, 11) is 3.01. The highest BCUT2D eigenvalue weighted by Gasteiger charge is 2.15. The Morgan fingerprint density at radius 2 is 1.86 bits per heavy atom. The van der Waals surface area contributed by atoms with Crippen molar-refractivity contribution in [2.75, 3.05) is 27.4 Å². The highest BCUT2D eigenvalue weighted by molar-refractivity contribution is 5.80. The van der Waals surface area contributed by atoms with E-state index >= 15 is 0 Å². The number of hydrogen-bond donors (Lipinski definition) is 0. The summed E-state index contributed by atoms with van der Waals surface area (Å²) in [4.78, 5) is 25.3. The van der Waals surface area contributed by atoms with Crippen molar-refractivity contribution in [2.45, 2.75) is 13.5 Å². The minimum absolute atomic E-state index is 0.0787. The molecule has 0 aromatic heterocycles. The highest BCUT2D eigenvalue weighted by atomic mass is 19.1. The number of likely N-dealkylation sites (N-methyl/N-ethyl adjacent to an activating group) is 1. The number of carbonyl (C=O) groups is 2. The van der Waals surface area contributed by atoms with E-state index in [1.807, 2.05) is 25.1 Å². The van der Waals surface area contributed by atoms with Crippen molar-refractivity contribution in [1.82, 2.24) is 4.90 Å². The number of methoxy groups -OCH3 is 1. The third kappa shape index (κ3) is 6.64. The number of halogens is 1. The molecule has 0 radical (unpaired) electrons. The third-order valence-electron chi connectivity index (χ3n) is 4.04. The van der Waals surface area contributed by atoms with Crippen LogP contribution in [0.1, 0.15) is 18.1 Å². The predicted octanol–water partition coefficient (Wildman–Crippen LogP) is 3.45. The molecule has 154 valence electrons. The molecule has 29 heavy (non-hydrogen) atoms. The van der Waals surface area contributed by atoms with Crippen molar-refractivity contribution in [3.05, 3.63) is 65.5 Å². The molecule has 0 aliphatic heterocycles. The molecule has 7 heteroatoms. The van der Waals surface area contributed by atoms with Gasteiger partial charge < -0.3 is 19.1 Å². The quantitative estimate of drug-likeness (QED) is 0.602. The molecule has 2 aromatic carbocycles. The normalized spacial score (nSPS) is 10.6. The smallest absolute Gasteiger partial charge is 0.344 e. The fourth-order valence-corrected chi connectivity index (χ4v) is 2.50. The van der Waals surface area contributed by atoms with Gasteiger partial charge in [0, 0.05) is 19.2 Å². The fourth-order valence-electron chi connectivity index (χ4n) is 2.50. The van der Waals surface area contributed by atoms with Crippen LogP contribution < -0.4 is 9.47 Å². The Hall–Kier alpha value is -3.35. The molecule has 0 N–H and O–H groups in total. The monoisotopic (exact) mass is 401 g/mol. The van der Waals surface area contributed by atoms with Crippen molar-refractivity contribution in [1.29, 1.82) is 0 Å². The van der Waals surface area contributed by atoms with Gasteiger partial charge in [0.1, 0.15) is 5.82 Å². The summed E-state index contributed by atoms with van der Waals surface area (Å²) in [5.41, 5.74) is 1.31. The summed E-state index contributed by atoms with van der Waals surface area (Å²) in [6.07, 6.45) is 3.80. The number of esters is 1. The maximum atomic E-state index is 13.7. The molecule has 0 heterocycles. The molecule has 2 aromatic rings. The van der Waals surface area contributed by atoms with Crippen LogP contribution in [0, 0.1) is 5.82 Å². The lowest BCUT2D eigenvalue weighted by Gasteiger charge is -2.17. The van der Waals surface area contributed by atoms with Gasteiger partial charge in [0.15, 0.2) is 24.7 Å². The van der Waals surface area contributed by atoms with E-state index in [4.69, 9.17) is 14.2 Å². The van der Waals surface area contributed by atoms with Crippen LogP contribution in [0.2, 0.25) is 0 Å². The van der Waals surface area contributed by atoms with Gasteiger partial charge in [-0.1, -0.05) is 36.4 Å². The molecule has 0 bridgehead atoms. The van der Waals surface area contributed by atoms with E-state index in [0.717, 1.165) is 5.56 Å². The van der Waals surface area contributed by atoms with Crippen LogP contribution in [0.25, 0.3) is 6.08 Å². The van der Waals surface area contributed by atoms with Gasteiger partial charge in [-0.2, -0.15) is 0 Å². The van der Waals surface area contributed by atoms with E-state index in [1.54, 1.807) is 30.3 Å².